The number of aromatic hydroxyl groups is 3. The highest BCUT2D eigenvalue weighted by Crippen LogP contribution is 2.37. The molecule has 6 heteroatoms. The Balaban J connectivity index is 2.92. The predicted molar refractivity (Wildman–Crippen MR) is 52.6 cm³/mol. The van der Waals surface area contributed by atoms with Crippen LogP contribution in [0.15, 0.2) is 12.1 Å². The summed E-state index contributed by atoms with van der Waals surface area (Å²) < 4.78 is 0. The van der Waals surface area contributed by atoms with Gasteiger partial charge in [0.05, 0.1) is 12.0 Å². The number of aliphatic carboxylic acids is 1. The maximum Gasteiger partial charge on any atom is 0.303 e. The number of phenolic OH excluding ortho intramolecular Hbond substituents is 3. The predicted octanol–water partition coefficient (Wildman–Crippen LogP) is 0.851. The molecule has 16 heavy (non-hydrogen) atoms. The topological polar surface area (TPSA) is 115 Å². The van der Waals surface area contributed by atoms with Gasteiger partial charge in [0.1, 0.15) is 0 Å². The van der Waals surface area contributed by atoms with Crippen molar-refractivity contribution in [3.8, 4) is 17.2 Å². The normalized spacial score (nSPS) is 10.0. The molecule has 0 aliphatic rings. The summed E-state index contributed by atoms with van der Waals surface area (Å²) in [6.07, 6.45) is -0.646. The zero-order valence-electron chi connectivity index (χ0n) is 8.17. The highest BCUT2D eigenvalue weighted by molar-refractivity contribution is 6.00. The van der Waals surface area contributed by atoms with Crippen LogP contribution in [0, 0.1) is 0 Å². The van der Waals surface area contributed by atoms with Gasteiger partial charge in [-0.25, -0.2) is 0 Å². The molecule has 0 fully saturated rings. The van der Waals surface area contributed by atoms with Gasteiger partial charge < -0.3 is 20.4 Å². The fraction of sp³-hybridized carbons (Fsp3) is 0.200. The molecule has 1 rings (SSSR count). The summed E-state index contributed by atoms with van der Waals surface area (Å²) in [6, 6.07) is 2.16. The molecule has 0 saturated heterocycles. The average molecular weight is 226 g/mol. The number of Topliss-reactive ketones (excluding diaryl/α,β-unsaturated/α-hetero) is 1. The monoisotopic (exact) mass is 226 g/mol. The van der Waals surface area contributed by atoms with Gasteiger partial charge in [0.2, 0.25) is 5.75 Å². The summed E-state index contributed by atoms with van der Waals surface area (Å²) in [6.45, 7) is 0. The lowest BCUT2D eigenvalue weighted by molar-refractivity contribution is -0.136. The van der Waals surface area contributed by atoms with E-state index in [0.717, 1.165) is 12.1 Å². The molecule has 0 radical (unpaired) electrons. The Hall–Kier alpha value is -2.24. The summed E-state index contributed by atoms with van der Waals surface area (Å²) in [5.41, 5.74) is -0.212. The quantitative estimate of drug-likeness (QED) is 0.447. The van der Waals surface area contributed by atoms with Crippen LogP contribution < -0.4 is 0 Å². The maximum absolute atomic E-state index is 11.4. The number of benzene rings is 1. The molecule has 0 aliphatic carbocycles. The van der Waals surface area contributed by atoms with Crippen molar-refractivity contribution in [1.29, 1.82) is 0 Å². The Kier molecular flexibility index (Phi) is 3.34. The Morgan fingerprint density at radius 2 is 1.62 bits per heavy atom. The molecule has 86 valence electrons. The molecule has 6 nitrogen and oxygen atoms in total. The first-order valence-corrected chi connectivity index (χ1v) is 4.42. The van der Waals surface area contributed by atoms with Gasteiger partial charge in [-0.1, -0.05) is 0 Å². The van der Waals surface area contributed by atoms with E-state index in [-0.39, 0.29) is 18.4 Å². The van der Waals surface area contributed by atoms with Gasteiger partial charge in [-0.15, -0.1) is 0 Å². The van der Waals surface area contributed by atoms with E-state index in [2.05, 4.69) is 0 Å². The Labute approximate surface area is 90.4 Å². The molecule has 0 heterocycles. The molecule has 1 aromatic rings. The van der Waals surface area contributed by atoms with Gasteiger partial charge in [0.25, 0.3) is 0 Å². The van der Waals surface area contributed by atoms with E-state index in [1.807, 2.05) is 0 Å². The summed E-state index contributed by atoms with van der Waals surface area (Å²) in [5, 5.41) is 35.9. The fourth-order valence-electron chi connectivity index (χ4n) is 1.15. The van der Waals surface area contributed by atoms with Crippen LogP contribution in [-0.4, -0.2) is 32.2 Å². The number of rotatable bonds is 4. The third-order valence-corrected chi connectivity index (χ3v) is 2.00. The summed E-state index contributed by atoms with van der Waals surface area (Å²) in [7, 11) is 0. The number of ketones is 1. The lowest BCUT2D eigenvalue weighted by Gasteiger charge is -2.05. The minimum Gasteiger partial charge on any atom is -0.504 e. The second-order valence-electron chi connectivity index (χ2n) is 3.15. The third-order valence-electron chi connectivity index (χ3n) is 2.00. The minimum atomic E-state index is -1.13. The van der Waals surface area contributed by atoms with Crippen molar-refractivity contribution < 1.29 is 30.0 Å². The van der Waals surface area contributed by atoms with E-state index in [9.17, 15) is 14.7 Å². The average Bonchev–Trinajstić information content (AvgIpc) is 2.23. The van der Waals surface area contributed by atoms with Crippen LogP contribution >= 0.6 is 0 Å². The SMILES string of the molecule is O=C(O)CCC(=O)c1ccc(O)c(O)c1O. The van der Waals surface area contributed by atoms with Crippen LogP contribution in [0.4, 0.5) is 0 Å². The third kappa shape index (κ3) is 2.41. The Bertz CT molecular complexity index is 437. The molecular formula is C10H10O6. The van der Waals surface area contributed by atoms with Crippen LogP contribution in [0.3, 0.4) is 0 Å². The molecule has 1 aromatic carbocycles. The first-order chi connectivity index (χ1) is 7.43. The molecule has 0 saturated carbocycles. The smallest absolute Gasteiger partial charge is 0.303 e. The molecule has 0 aromatic heterocycles. The van der Waals surface area contributed by atoms with Crippen molar-refractivity contribution in [2.45, 2.75) is 12.8 Å². The highest BCUT2D eigenvalue weighted by Gasteiger charge is 2.17. The van der Waals surface area contributed by atoms with Gasteiger partial charge in [0, 0.05) is 6.42 Å². The number of hydrogen-bond acceptors (Lipinski definition) is 5. The maximum atomic E-state index is 11.4. The first kappa shape index (κ1) is 11.8. The summed E-state index contributed by atoms with van der Waals surface area (Å²) in [5.74, 6) is -3.82. The van der Waals surface area contributed by atoms with Crippen LogP contribution in [0.5, 0.6) is 17.2 Å². The summed E-state index contributed by atoms with van der Waals surface area (Å²) in [4.78, 5) is 21.7. The molecular weight excluding hydrogens is 216 g/mol. The number of carbonyl (C=O) groups is 2. The van der Waals surface area contributed by atoms with Crippen molar-refractivity contribution in [1.82, 2.24) is 0 Å². The molecule has 0 atom stereocenters. The molecule has 0 unspecified atom stereocenters. The van der Waals surface area contributed by atoms with E-state index in [1.54, 1.807) is 0 Å². The fourth-order valence-corrected chi connectivity index (χ4v) is 1.15. The van der Waals surface area contributed by atoms with Crippen LogP contribution in [-0.2, 0) is 4.79 Å². The van der Waals surface area contributed by atoms with E-state index >= 15 is 0 Å². The zero-order chi connectivity index (χ0) is 12.3. The van der Waals surface area contributed by atoms with E-state index in [1.165, 1.54) is 0 Å². The second kappa shape index (κ2) is 4.52. The van der Waals surface area contributed by atoms with Gasteiger partial charge in [-0.2, -0.15) is 0 Å². The van der Waals surface area contributed by atoms with E-state index in [4.69, 9.17) is 15.3 Å². The van der Waals surface area contributed by atoms with Crippen molar-refractivity contribution >= 4 is 11.8 Å². The van der Waals surface area contributed by atoms with Crippen molar-refractivity contribution in [2.75, 3.05) is 0 Å². The second-order valence-corrected chi connectivity index (χ2v) is 3.15. The standard InChI is InChI=1S/C10H10O6/c11-6(3-4-8(13)14)5-1-2-7(12)10(16)9(5)15/h1-2,12,15-16H,3-4H2,(H,13,14). The number of hydrogen-bond donors (Lipinski definition) is 4. The van der Waals surface area contributed by atoms with Gasteiger partial charge >= 0.3 is 5.97 Å². The lowest BCUT2D eigenvalue weighted by atomic mass is 10.0. The highest BCUT2D eigenvalue weighted by atomic mass is 16.4. The molecule has 0 aliphatic heterocycles. The van der Waals surface area contributed by atoms with Gasteiger partial charge in [-0.3, -0.25) is 9.59 Å². The number of phenols is 3. The number of carbonyl (C=O) groups excluding carboxylic acids is 1. The van der Waals surface area contributed by atoms with E-state index < -0.39 is 29.0 Å². The number of carboxylic acids is 1. The minimum absolute atomic E-state index is 0.212. The van der Waals surface area contributed by atoms with Crippen LogP contribution in [0.1, 0.15) is 23.2 Å². The molecule has 4 N–H and O–H groups in total. The zero-order valence-corrected chi connectivity index (χ0v) is 8.17. The van der Waals surface area contributed by atoms with Crippen LogP contribution in [0.25, 0.3) is 0 Å². The number of carboxylic acid groups (broad SMARTS) is 1. The van der Waals surface area contributed by atoms with Crippen molar-refractivity contribution in [3.05, 3.63) is 17.7 Å². The van der Waals surface area contributed by atoms with E-state index in [0.29, 0.717) is 0 Å². The molecule has 0 amide bonds. The Morgan fingerprint density at radius 1 is 1.00 bits per heavy atom. The van der Waals surface area contributed by atoms with Gasteiger partial charge in [-0.05, 0) is 12.1 Å². The Morgan fingerprint density at radius 3 is 2.19 bits per heavy atom. The van der Waals surface area contributed by atoms with Crippen LogP contribution in [0.2, 0.25) is 0 Å². The van der Waals surface area contributed by atoms with Crippen molar-refractivity contribution in [2.24, 2.45) is 0 Å². The van der Waals surface area contributed by atoms with Gasteiger partial charge in [0.15, 0.2) is 17.3 Å². The largest absolute Gasteiger partial charge is 0.504 e. The molecule has 0 spiro atoms. The first-order valence-electron chi connectivity index (χ1n) is 4.42. The van der Waals surface area contributed by atoms with Crippen molar-refractivity contribution in [3.63, 3.8) is 0 Å². The lowest BCUT2D eigenvalue weighted by Crippen LogP contribution is -2.04. The summed E-state index contributed by atoms with van der Waals surface area (Å²) >= 11 is 0. The molecule has 0 bridgehead atoms.